The van der Waals surface area contributed by atoms with E-state index in [1.165, 1.54) is 62.2 Å². The van der Waals surface area contributed by atoms with Gasteiger partial charge in [0, 0.05) is 52.8 Å². The smallest absolute Gasteiger partial charge is 0.211 e. The third-order valence-electron chi connectivity index (χ3n) is 10.1. The van der Waals surface area contributed by atoms with Gasteiger partial charge in [-0.15, -0.1) is 22.7 Å². The van der Waals surface area contributed by atoms with E-state index in [-0.39, 0.29) is 0 Å². The Hall–Kier alpha value is -6.08. The molecule has 0 saturated carbocycles. The molecule has 1 unspecified atom stereocenters. The fraction of sp³-hybridized carbons (Fsp3) is 0.0222. The van der Waals surface area contributed by atoms with Crippen molar-refractivity contribution in [3.63, 3.8) is 0 Å². The number of benzene rings is 7. The minimum atomic E-state index is -0.445. The first-order valence-corrected chi connectivity index (χ1v) is 18.7. The molecule has 0 aliphatic carbocycles. The molecule has 11 rings (SSSR count). The second kappa shape index (κ2) is 11.2. The highest BCUT2D eigenvalue weighted by molar-refractivity contribution is 7.33. The van der Waals surface area contributed by atoms with Crippen LogP contribution >= 0.6 is 22.7 Å². The number of para-hydroxylation sites is 1. The fourth-order valence-electron chi connectivity index (χ4n) is 7.71. The first-order valence-electron chi connectivity index (χ1n) is 17.1. The van der Waals surface area contributed by atoms with Crippen molar-refractivity contribution in [2.24, 2.45) is 9.98 Å². The van der Waals surface area contributed by atoms with E-state index in [0.29, 0.717) is 0 Å². The minimum Gasteiger partial charge on any atom is -0.310 e. The summed E-state index contributed by atoms with van der Waals surface area (Å²) in [6.07, 6.45) is -0.445. The predicted molar refractivity (Wildman–Crippen MR) is 219 cm³/mol. The van der Waals surface area contributed by atoms with Gasteiger partial charge in [-0.3, -0.25) is 4.57 Å². The van der Waals surface area contributed by atoms with Crippen LogP contribution in [0, 0.1) is 0 Å². The zero-order chi connectivity index (χ0) is 33.5. The summed E-state index contributed by atoms with van der Waals surface area (Å²) >= 11 is 3.76. The zero-order valence-electron chi connectivity index (χ0n) is 27.2. The van der Waals surface area contributed by atoms with Gasteiger partial charge in [-0.1, -0.05) is 140 Å². The van der Waals surface area contributed by atoms with Crippen LogP contribution in [0.15, 0.2) is 168 Å². The molecule has 4 nitrogen and oxygen atoms in total. The van der Waals surface area contributed by atoms with E-state index in [9.17, 15) is 0 Å². The number of fused-ring (bicyclic) bond motifs is 10. The first kappa shape index (κ1) is 28.7. The molecule has 0 radical (unpaired) electrons. The van der Waals surface area contributed by atoms with Crippen molar-refractivity contribution in [1.29, 1.82) is 0 Å². The predicted octanol–water partition coefficient (Wildman–Crippen LogP) is 12.2. The molecular weight excluding hydrogens is 661 g/mol. The molecule has 1 atom stereocenters. The number of nitrogens with zero attached hydrogens (tertiary/aromatic N) is 3. The number of nitrogens with one attached hydrogen (secondary N) is 1. The molecule has 7 aromatic carbocycles. The van der Waals surface area contributed by atoms with Crippen molar-refractivity contribution in [2.75, 3.05) is 0 Å². The third kappa shape index (κ3) is 4.43. The zero-order valence-corrected chi connectivity index (χ0v) is 28.9. The van der Waals surface area contributed by atoms with Gasteiger partial charge in [0.1, 0.15) is 5.84 Å². The number of thiophene rings is 2. The molecule has 1 aliphatic rings. The van der Waals surface area contributed by atoms with E-state index in [1.807, 2.05) is 28.7 Å². The minimum absolute atomic E-state index is 0.445. The maximum atomic E-state index is 5.48. The van der Waals surface area contributed by atoms with Crippen LogP contribution in [0.1, 0.15) is 17.3 Å². The molecule has 0 amide bonds. The molecule has 3 aromatic heterocycles. The van der Waals surface area contributed by atoms with Crippen molar-refractivity contribution in [2.45, 2.75) is 6.17 Å². The Morgan fingerprint density at radius 3 is 1.92 bits per heavy atom. The molecule has 51 heavy (non-hydrogen) atoms. The summed E-state index contributed by atoms with van der Waals surface area (Å²) in [6.45, 7) is 0. The monoisotopic (exact) mass is 688 g/mol. The second-order valence-corrected chi connectivity index (χ2v) is 15.1. The molecule has 0 fully saturated rings. The van der Waals surface area contributed by atoms with E-state index in [4.69, 9.17) is 9.98 Å². The Morgan fingerprint density at radius 2 is 1.08 bits per heavy atom. The highest BCUT2D eigenvalue weighted by Gasteiger charge is 2.26. The van der Waals surface area contributed by atoms with Gasteiger partial charge in [-0.2, -0.15) is 0 Å². The molecule has 1 N–H and O–H groups in total. The van der Waals surface area contributed by atoms with Gasteiger partial charge in [-0.25, -0.2) is 9.98 Å². The van der Waals surface area contributed by atoms with Crippen molar-refractivity contribution >= 4 is 96.6 Å². The van der Waals surface area contributed by atoms with Gasteiger partial charge < -0.3 is 5.32 Å². The lowest BCUT2D eigenvalue weighted by atomic mass is 10.0. The van der Waals surface area contributed by atoms with Crippen molar-refractivity contribution in [3.8, 4) is 11.1 Å². The van der Waals surface area contributed by atoms with E-state index >= 15 is 0 Å². The normalized spacial score (nSPS) is 14.9. The van der Waals surface area contributed by atoms with Crippen LogP contribution in [0.25, 0.3) is 73.3 Å². The van der Waals surface area contributed by atoms with Gasteiger partial charge in [-0.05, 0) is 29.3 Å². The summed E-state index contributed by atoms with van der Waals surface area (Å²) in [4.78, 5) is 10.8. The van der Waals surface area contributed by atoms with Crippen LogP contribution in [0.3, 0.4) is 0 Å². The van der Waals surface area contributed by atoms with E-state index in [0.717, 1.165) is 34.0 Å². The van der Waals surface area contributed by atoms with Crippen molar-refractivity contribution < 1.29 is 0 Å². The van der Waals surface area contributed by atoms with E-state index in [1.54, 1.807) is 0 Å². The molecule has 10 aromatic rings. The summed E-state index contributed by atoms with van der Waals surface area (Å²) in [6, 6.07) is 56.3. The Morgan fingerprint density at radius 1 is 0.451 bits per heavy atom. The molecule has 1 aliphatic heterocycles. The van der Waals surface area contributed by atoms with Gasteiger partial charge in [0.25, 0.3) is 0 Å². The van der Waals surface area contributed by atoms with Crippen LogP contribution in [-0.4, -0.2) is 16.4 Å². The lowest BCUT2D eigenvalue weighted by Crippen LogP contribution is -2.39. The molecular formula is C45H28N4S2. The SMILES string of the molecule is c1ccc(C2=NC(c3cccc4c3sc3c4ccc4c5ccccc5sc43)N=C(n3c4ccccc4c4ccc(-c5ccccc5)cc43)N2)cc1. The lowest BCUT2D eigenvalue weighted by Gasteiger charge is -2.24. The highest BCUT2D eigenvalue weighted by atomic mass is 32.1. The van der Waals surface area contributed by atoms with Gasteiger partial charge in [0.05, 0.1) is 20.4 Å². The Labute approximate surface area is 301 Å². The summed E-state index contributed by atoms with van der Waals surface area (Å²) in [5, 5.41) is 11.3. The number of amidine groups is 1. The molecule has 240 valence electrons. The Kier molecular flexibility index (Phi) is 6.32. The van der Waals surface area contributed by atoms with Crippen LogP contribution < -0.4 is 5.32 Å². The van der Waals surface area contributed by atoms with Crippen LogP contribution in [0.5, 0.6) is 0 Å². The lowest BCUT2D eigenvalue weighted by molar-refractivity contribution is 0.752. The maximum Gasteiger partial charge on any atom is 0.211 e. The van der Waals surface area contributed by atoms with E-state index < -0.39 is 6.17 Å². The number of aliphatic imine (C=N–C) groups is 2. The number of rotatable bonds is 3. The quantitative estimate of drug-likeness (QED) is 0.197. The van der Waals surface area contributed by atoms with Crippen molar-refractivity contribution in [3.05, 3.63) is 169 Å². The maximum absolute atomic E-state index is 5.48. The summed E-state index contributed by atoms with van der Waals surface area (Å²) < 4.78 is 7.52. The van der Waals surface area contributed by atoms with Crippen molar-refractivity contribution in [1.82, 2.24) is 9.88 Å². The third-order valence-corrected chi connectivity index (χ3v) is 12.7. The van der Waals surface area contributed by atoms with E-state index in [2.05, 4.69) is 162 Å². The molecule has 4 heterocycles. The number of hydrogen-bond donors (Lipinski definition) is 1. The Balaban J connectivity index is 1.16. The second-order valence-electron chi connectivity index (χ2n) is 13.0. The van der Waals surface area contributed by atoms with Crippen LogP contribution in [0.2, 0.25) is 0 Å². The largest absolute Gasteiger partial charge is 0.310 e. The van der Waals surface area contributed by atoms with Crippen LogP contribution in [-0.2, 0) is 0 Å². The average Bonchev–Trinajstić information content (AvgIpc) is 3.88. The fourth-order valence-corrected chi connectivity index (χ4v) is 10.4. The topological polar surface area (TPSA) is 41.7 Å². The standard InChI is InChI=1S/C45H28N4S2/c1-3-12-27(13-4-1)29-22-23-31-30-16-7-9-20-37(30)49(38(31)26-29)45-47-43(28-14-5-2-6-15-28)46-44(48-45)36-19-11-18-33-35-25-24-34-32-17-8-10-21-39(32)50-41(34)42(35)51-40(33)36/h1-26,44H,(H,46,47,48). The van der Waals surface area contributed by atoms with Crippen LogP contribution in [0.4, 0.5) is 0 Å². The number of aromatic nitrogens is 1. The molecule has 0 spiro atoms. The summed E-state index contributed by atoms with van der Waals surface area (Å²) in [7, 11) is 0. The molecule has 0 bridgehead atoms. The summed E-state index contributed by atoms with van der Waals surface area (Å²) in [5.74, 6) is 1.57. The first-order chi connectivity index (χ1) is 25.3. The average molecular weight is 689 g/mol. The Bertz CT molecular complexity index is 3060. The van der Waals surface area contributed by atoms with Gasteiger partial charge >= 0.3 is 0 Å². The highest BCUT2D eigenvalue weighted by Crippen LogP contribution is 2.46. The molecule has 0 saturated heterocycles. The van der Waals surface area contributed by atoms with Gasteiger partial charge in [0.15, 0.2) is 6.17 Å². The molecule has 6 heteroatoms. The number of hydrogen-bond acceptors (Lipinski definition) is 5. The summed E-state index contributed by atoms with van der Waals surface area (Å²) in [5.41, 5.74) is 6.69. The van der Waals surface area contributed by atoms with Gasteiger partial charge in [0.2, 0.25) is 5.96 Å².